The van der Waals surface area contributed by atoms with Crippen LogP contribution in [0.25, 0.3) is 0 Å². The predicted molar refractivity (Wildman–Crippen MR) is 82.1 cm³/mol. The van der Waals surface area contributed by atoms with Crippen LogP contribution in [0.5, 0.6) is 0 Å². The van der Waals surface area contributed by atoms with Gasteiger partial charge in [-0.15, -0.1) is 0 Å². The molecule has 1 heterocycles. The van der Waals surface area contributed by atoms with Crippen LogP contribution in [0.3, 0.4) is 0 Å². The molecule has 2 rings (SSSR count). The molecule has 3 heteroatoms. The molecule has 112 valence electrons. The number of likely N-dealkylation sites (N-methyl/N-ethyl adjacent to an activating group) is 1. The zero-order valence-electron chi connectivity index (χ0n) is 13.1. The van der Waals surface area contributed by atoms with Crippen LogP contribution in [-0.2, 0) is 4.74 Å². The smallest absolute Gasteiger partial charge is 0.0921 e. The molecule has 1 fully saturated rings. The predicted octanol–water partition coefficient (Wildman–Crippen LogP) is 2.76. The molecule has 0 aromatic heterocycles. The number of rotatable bonds is 5. The zero-order chi connectivity index (χ0) is 14.7. The Labute approximate surface area is 122 Å². The first-order valence-electron chi connectivity index (χ1n) is 7.53. The molecule has 0 aliphatic carbocycles. The highest BCUT2D eigenvalue weighted by atomic mass is 16.5. The van der Waals surface area contributed by atoms with Crippen molar-refractivity contribution in [2.24, 2.45) is 0 Å². The third-order valence-electron chi connectivity index (χ3n) is 4.10. The molecule has 1 aromatic rings. The monoisotopic (exact) mass is 277 g/mol. The Kier molecular flexibility index (Phi) is 5.19. The maximum Gasteiger partial charge on any atom is 0.0921 e. The molecule has 3 nitrogen and oxygen atoms in total. The molecule has 1 N–H and O–H groups in total. The minimum absolute atomic E-state index is 0.340. The van der Waals surface area contributed by atoms with Gasteiger partial charge in [0, 0.05) is 19.7 Å². The van der Waals surface area contributed by atoms with Gasteiger partial charge in [-0.05, 0) is 57.4 Å². The highest BCUT2D eigenvalue weighted by molar-refractivity contribution is 5.39. The standard InChI is InChI=1S/C17H27NO2/c1-12-8-13(2)17(14(3)9-12)16(19)11-18(4)10-15-6-5-7-20-15/h8-9,15-16,19H,5-7,10-11H2,1-4H3. The van der Waals surface area contributed by atoms with Crippen molar-refractivity contribution in [3.8, 4) is 0 Å². The van der Waals surface area contributed by atoms with Crippen molar-refractivity contribution in [3.05, 3.63) is 34.4 Å². The van der Waals surface area contributed by atoms with E-state index in [0.29, 0.717) is 12.6 Å². The van der Waals surface area contributed by atoms with E-state index in [-0.39, 0.29) is 0 Å². The highest BCUT2D eigenvalue weighted by Gasteiger charge is 2.20. The second kappa shape index (κ2) is 6.70. The van der Waals surface area contributed by atoms with Crippen LogP contribution in [-0.4, -0.2) is 42.9 Å². The molecule has 1 saturated heterocycles. The Morgan fingerprint density at radius 1 is 1.30 bits per heavy atom. The van der Waals surface area contributed by atoms with E-state index in [9.17, 15) is 5.11 Å². The van der Waals surface area contributed by atoms with E-state index < -0.39 is 6.10 Å². The summed E-state index contributed by atoms with van der Waals surface area (Å²) in [6, 6.07) is 4.29. The Morgan fingerprint density at radius 3 is 2.50 bits per heavy atom. The zero-order valence-corrected chi connectivity index (χ0v) is 13.1. The van der Waals surface area contributed by atoms with Gasteiger partial charge in [-0.25, -0.2) is 0 Å². The summed E-state index contributed by atoms with van der Waals surface area (Å²) >= 11 is 0. The fraction of sp³-hybridized carbons (Fsp3) is 0.647. The molecule has 0 spiro atoms. The topological polar surface area (TPSA) is 32.7 Å². The van der Waals surface area contributed by atoms with Crippen molar-refractivity contribution in [1.82, 2.24) is 4.90 Å². The van der Waals surface area contributed by atoms with Gasteiger partial charge in [-0.1, -0.05) is 17.7 Å². The quantitative estimate of drug-likeness (QED) is 0.898. The number of nitrogens with zero attached hydrogens (tertiary/aromatic N) is 1. The van der Waals surface area contributed by atoms with E-state index in [0.717, 1.165) is 31.6 Å². The van der Waals surface area contributed by atoms with Gasteiger partial charge >= 0.3 is 0 Å². The molecule has 1 aromatic carbocycles. The average Bonchev–Trinajstić information content (AvgIpc) is 2.79. The van der Waals surface area contributed by atoms with Gasteiger partial charge in [0.1, 0.15) is 0 Å². The summed E-state index contributed by atoms with van der Waals surface area (Å²) in [4.78, 5) is 2.18. The lowest BCUT2D eigenvalue weighted by Crippen LogP contribution is -2.32. The molecule has 0 radical (unpaired) electrons. The summed E-state index contributed by atoms with van der Waals surface area (Å²) in [6.45, 7) is 8.71. The van der Waals surface area contributed by atoms with Gasteiger partial charge in [0.2, 0.25) is 0 Å². The Balaban J connectivity index is 1.98. The first kappa shape index (κ1) is 15.5. The number of hydrogen-bond acceptors (Lipinski definition) is 3. The van der Waals surface area contributed by atoms with Gasteiger partial charge in [-0.3, -0.25) is 0 Å². The number of aliphatic hydroxyl groups is 1. The van der Waals surface area contributed by atoms with Crippen molar-refractivity contribution in [1.29, 1.82) is 0 Å². The van der Waals surface area contributed by atoms with Crippen molar-refractivity contribution < 1.29 is 9.84 Å². The number of aryl methyl sites for hydroxylation is 3. The van der Waals surface area contributed by atoms with E-state index in [4.69, 9.17) is 4.74 Å². The molecule has 0 bridgehead atoms. The van der Waals surface area contributed by atoms with Crippen LogP contribution < -0.4 is 0 Å². The van der Waals surface area contributed by atoms with Crippen LogP contribution in [0.15, 0.2) is 12.1 Å². The van der Waals surface area contributed by atoms with E-state index >= 15 is 0 Å². The van der Waals surface area contributed by atoms with Crippen LogP contribution in [0.2, 0.25) is 0 Å². The van der Waals surface area contributed by atoms with E-state index in [1.807, 2.05) is 0 Å². The lowest BCUT2D eigenvalue weighted by atomic mass is 9.95. The molecule has 1 aliphatic heterocycles. The number of ether oxygens (including phenoxy) is 1. The largest absolute Gasteiger partial charge is 0.387 e. The second-order valence-electron chi connectivity index (χ2n) is 6.18. The lowest BCUT2D eigenvalue weighted by Gasteiger charge is -2.25. The maximum absolute atomic E-state index is 10.5. The van der Waals surface area contributed by atoms with Crippen molar-refractivity contribution in [3.63, 3.8) is 0 Å². The Hall–Kier alpha value is -0.900. The van der Waals surface area contributed by atoms with Crippen LogP contribution in [0, 0.1) is 20.8 Å². The molecule has 0 amide bonds. The van der Waals surface area contributed by atoms with Crippen molar-refractivity contribution >= 4 is 0 Å². The molecule has 20 heavy (non-hydrogen) atoms. The molecular weight excluding hydrogens is 250 g/mol. The van der Waals surface area contributed by atoms with E-state index in [1.165, 1.54) is 16.7 Å². The lowest BCUT2D eigenvalue weighted by molar-refractivity contribution is 0.0599. The van der Waals surface area contributed by atoms with Gasteiger partial charge in [0.25, 0.3) is 0 Å². The Morgan fingerprint density at radius 2 is 1.95 bits per heavy atom. The number of aliphatic hydroxyl groups excluding tert-OH is 1. The summed E-state index contributed by atoms with van der Waals surface area (Å²) in [7, 11) is 2.06. The minimum Gasteiger partial charge on any atom is -0.387 e. The minimum atomic E-state index is -0.429. The normalized spacial score (nSPS) is 20.6. The summed E-state index contributed by atoms with van der Waals surface area (Å²) in [5.74, 6) is 0. The first-order chi connectivity index (χ1) is 9.47. The van der Waals surface area contributed by atoms with E-state index in [1.54, 1.807) is 0 Å². The van der Waals surface area contributed by atoms with Crippen molar-refractivity contribution in [2.75, 3.05) is 26.7 Å². The summed E-state index contributed by atoms with van der Waals surface area (Å²) < 4.78 is 5.65. The van der Waals surface area contributed by atoms with Gasteiger partial charge in [0.15, 0.2) is 0 Å². The summed E-state index contributed by atoms with van der Waals surface area (Å²) in [5, 5.41) is 10.5. The van der Waals surface area contributed by atoms with Gasteiger partial charge in [-0.2, -0.15) is 0 Å². The summed E-state index contributed by atoms with van der Waals surface area (Å²) in [6.07, 6.45) is 2.22. The first-order valence-corrected chi connectivity index (χ1v) is 7.53. The van der Waals surface area contributed by atoms with Gasteiger partial charge < -0.3 is 14.7 Å². The van der Waals surface area contributed by atoms with E-state index in [2.05, 4.69) is 44.9 Å². The second-order valence-corrected chi connectivity index (χ2v) is 6.18. The summed E-state index contributed by atoms with van der Waals surface area (Å²) in [5.41, 5.74) is 4.69. The molecular formula is C17H27NO2. The molecule has 1 aliphatic rings. The molecule has 2 unspecified atom stereocenters. The maximum atomic E-state index is 10.5. The van der Waals surface area contributed by atoms with Crippen LogP contribution in [0.1, 0.15) is 41.2 Å². The highest BCUT2D eigenvalue weighted by Crippen LogP contribution is 2.24. The third-order valence-corrected chi connectivity index (χ3v) is 4.10. The van der Waals surface area contributed by atoms with Gasteiger partial charge in [0.05, 0.1) is 12.2 Å². The molecule has 2 atom stereocenters. The Bertz CT molecular complexity index is 429. The number of benzene rings is 1. The SMILES string of the molecule is Cc1cc(C)c(C(O)CN(C)CC2CCCO2)c(C)c1. The third kappa shape index (κ3) is 3.81. The molecule has 0 saturated carbocycles. The van der Waals surface area contributed by atoms with Crippen molar-refractivity contribution in [2.45, 2.75) is 45.8 Å². The number of hydrogen-bond donors (Lipinski definition) is 1. The fourth-order valence-electron chi connectivity index (χ4n) is 3.31. The fourth-order valence-corrected chi connectivity index (χ4v) is 3.31. The van der Waals surface area contributed by atoms with Crippen LogP contribution in [0.4, 0.5) is 0 Å². The average molecular weight is 277 g/mol. The van der Waals surface area contributed by atoms with Crippen LogP contribution >= 0.6 is 0 Å².